The van der Waals surface area contributed by atoms with Crippen molar-refractivity contribution in [2.75, 3.05) is 0 Å². The van der Waals surface area contributed by atoms with Gasteiger partial charge in [0.1, 0.15) is 5.01 Å². The molecule has 38 heavy (non-hydrogen) atoms. The second-order valence-electron chi connectivity index (χ2n) is 9.44. The number of hydrogen-bond acceptors (Lipinski definition) is 4. The Hall–Kier alpha value is -4.80. The standard InChI is InChI=1S/C34H20N2OS/c1-3-7-21(8-4-1)29-19-35-33(37-29)27-17-13-23-12-16-26-28(18-14-24-11-15-25(27)31(23)32(24)26)34-36-20-30(38-34)22-9-5-2-6-10-22/h1-20H. The highest BCUT2D eigenvalue weighted by atomic mass is 32.1. The van der Waals surface area contributed by atoms with Crippen LogP contribution in [0.3, 0.4) is 0 Å². The predicted octanol–water partition coefficient (Wildman–Crippen LogP) is 9.70. The lowest BCUT2D eigenvalue weighted by atomic mass is 9.90. The van der Waals surface area contributed by atoms with Crippen molar-refractivity contribution in [2.45, 2.75) is 0 Å². The largest absolute Gasteiger partial charge is 0.436 e. The molecule has 4 heteroatoms. The van der Waals surface area contributed by atoms with E-state index >= 15 is 0 Å². The molecular formula is C34H20N2OS. The summed E-state index contributed by atoms with van der Waals surface area (Å²) in [5.74, 6) is 1.40. The van der Waals surface area contributed by atoms with Gasteiger partial charge in [0.05, 0.1) is 11.1 Å². The van der Waals surface area contributed by atoms with Crippen LogP contribution in [0.25, 0.3) is 76.1 Å². The minimum absolute atomic E-state index is 0.634. The third-order valence-corrected chi connectivity index (χ3v) is 8.33. The average Bonchev–Trinajstić information content (AvgIpc) is 3.68. The molecule has 3 nitrogen and oxygen atoms in total. The monoisotopic (exact) mass is 504 g/mol. The van der Waals surface area contributed by atoms with E-state index in [9.17, 15) is 0 Å². The maximum Gasteiger partial charge on any atom is 0.227 e. The van der Waals surface area contributed by atoms with Gasteiger partial charge >= 0.3 is 0 Å². The molecule has 0 N–H and O–H groups in total. The second-order valence-corrected chi connectivity index (χ2v) is 10.5. The van der Waals surface area contributed by atoms with E-state index in [0.29, 0.717) is 5.89 Å². The zero-order valence-corrected chi connectivity index (χ0v) is 21.1. The Balaban J connectivity index is 1.32. The molecule has 0 bridgehead atoms. The molecule has 0 aliphatic heterocycles. The molecule has 0 fully saturated rings. The molecular weight excluding hydrogens is 484 g/mol. The van der Waals surface area contributed by atoms with Crippen molar-refractivity contribution in [3.05, 3.63) is 122 Å². The molecule has 0 amide bonds. The van der Waals surface area contributed by atoms with Crippen molar-refractivity contribution in [3.63, 3.8) is 0 Å². The predicted molar refractivity (Wildman–Crippen MR) is 158 cm³/mol. The van der Waals surface area contributed by atoms with E-state index in [1.165, 1.54) is 37.4 Å². The molecule has 2 aromatic heterocycles. The normalized spacial score (nSPS) is 11.7. The molecule has 0 atom stereocenters. The van der Waals surface area contributed by atoms with Crippen LogP contribution in [0.4, 0.5) is 0 Å². The fraction of sp³-hybridized carbons (Fsp3) is 0. The van der Waals surface area contributed by atoms with Gasteiger partial charge in [0, 0.05) is 22.9 Å². The van der Waals surface area contributed by atoms with E-state index in [4.69, 9.17) is 9.40 Å². The van der Waals surface area contributed by atoms with Crippen LogP contribution in [0.2, 0.25) is 0 Å². The molecule has 0 radical (unpaired) electrons. The number of thiazole rings is 1. The van der Waals surface area contributed by atoms with Crippen LogP contribution in [-0.4, -0.2) is 9.97 Å². The highest BCUT2D eigenvalue weighted by Gasteiger charge is 2.18. The van der Waals surface area contributed by atoms with Gasteiger partial charge in [-0.05, 0) is 43.9 Å². The summed E-state index contributed by atoms with van der Waals surface area (Å²) in [5, 5.41) is 8.30. The molecule has 8 aromatic rings. The van der Waals surface area contributed by atoms with Crippen molar-refractivity contribution < 1.29 is 4.42 Å². The van der Waals surface area contributed by atoms with E-state index in [0.717, 1.165) is 32.8 Å². The Morgan fingerprint density at radius 3 is 1.84 bits per heavy atom. The molecule has 0 unspecified atom stereocenters. The van der Waals surface area contributed by atoms with Crippen molar-refractivity contribution >= 4 is 43.7 Å². The van der Waals surface area contributed by atoms with Gasteiger partial charge in [-0.1, -0.05) is 103 Å². The number of benzene rings is 6. The highest BCUT2D eigenvalue weighted by molar-refractivity contribution is 7.18. The lowest BCUT2D eigenvalue weighted by molar-refractivity contribution is 0.589. The van der Waals surface area contributed by atoms with Crippen molar-refractivity contribution in [3.8, 4) is 43.8 Å². The summed E-state index contributed by atoms with van der Waals surface area (Å²) in [4.78, 5) is 10.7. The number of oxazole rings is 1. The van der Waals surface area contributed by atoms with Crippen LogP contribution in [-0.2, 0) is 0 Å². The quantitative estimate of drug-likeness (QED) is 0.224. The van der Waals surface area contributed by atoms with Crippen molar-refractivity contribution in [1.29, 1.82) is 0 Å². The van der Waals surface area contributed by atoms with Crippen LogP contribution in [0.5, 0.6) is 0 Å². The highest BCUT2D eigenvalue weighted by Crippen LogP contribution is 2.43. The molecule has 0 saturated heterocycles. The molecule has 0 spiro atoms. The third-order valence-electron chi connectivity index (χ3n) is 7.25. The smallest absolute Gasteiger partial charge is 0.227 e. The van der Waals surface area contributed by atoms with Gasteiger partial charge in [0.15, 0.2) is 5.76 Å². The number of hydrogen-bond donors (Lipinski definition) is 0. The molecule has 0 saturated carbocycles. The molecule has 6 aromatic carbocycles. The SMILES string of the molecule is c1ccc(-c2cnc(-c3ccc4ccc5c(-c6ncc(-c7ccccc7)s6)ccc6ccc3c4c65)o2)cc1. The lowest BCUT2D eigenvalue weighted by Gasteiger charge is -2.14. The van der Waals surface area contributed by atoms with Crippen LogP contribution < -0.4 is 0 Å². The van der Waals surface area contributed by atoms with Crippen molar-refractivity contribution in [1.82, 2.24) is 9.97 Å². The summed E-state index contributed by atoms with van der Waals surface area (Å²) in [6.45, 7) is 0. The fourth-order valence-corrected chi connectivity index (χ4v) is 6.40. The average molecular weight is 505 g/mol. The van der Waals surface area contributed by atoms with E-state index in [2.05, 4.69) is 77.8 Å². The molecule has 0 aliphatic rings. The third kappa shape index (κ3) is 3.28. The first kappa shape index (κ1) is 21.3. The lowest BCUT2D eigenvalue weighted by Crippen LogP contribution is -1.89. The minimum atomic E-state index is 0.634. The zero-order valence-electron chi connectivity index (χ0n) is 20.3. The fourth-order valence-electron chi connectivity index (χ4n) is 5.44. The summed E-state index contributed by atoms with van der Waals surface area (Å²) < 4.78 is 6.26. The van der Waals surface area contributed by atoms with Gasteiger partial charge in [-0.25, -0.2) is 9.97 Å². The molecule has 8 rings (SSSR count). The zero-order chi connectivity index (χ0) is 25.1. The van der Waals surface area contributed by atoms with E-state index in [1.54, 1.807) is 11.3 Å². The summed E-state index contributed by atoms with van der Waals surface area (Å²) in [7, 11) is 0. The van der Waals surface area contributed by atoms with Crippen LogP contribution in [0, 0.1) is 0 Å². The Labute approximate surface area is 223 Å². The number of rotatable bonds is 4. The van der Waals surface area contributed by atoms with E-state index in [1.807, 2.05) is 48.8 Å². The Morgan fingerprint density at radius 2 is 1.13 bits per heavy atom. The summed E-state index contributed by atoms with van der Waals surface area (Å²) in [6, 6.07) is 38.1. The van der Waals surface area contributed by atoms with Crippen LogP contribution in [0.15, 0.2) is 126 Å². The van der Waals surface area contributed by atoms with Gasteiger partial charge in [-0.15, -0.1) is 11.3 Å². The van der Waals surface area contributed by atoms with Crippen molar-refractivity contribution in [2.24, 2.45) is 0 Å². The summed E-state index contributed by atoms with van der Waals surface area (Å²) >= 11 is 1.73. The maximum atomic E-state index is 6.26. The van der Waals surface area contributed by atoms with Crippen LogP contribution in [0.1, 0.15) is 0 Å². The van der Waals surface area contributed by atoms with E-state index in [-0.39, 0.29) is 0 Å². The van der Waals surface area contributed by atoms with Gasteiger partial charge in [0.25, 0.3) is 0 Å². The van der Waals surface area contributed by atoms with Gasteiger partial charge in [-0.3, -0.25) is 0 Å². The van der Waals surface area contributed by atoms with E-state index < -0.39 is 0 Å². The maximum absolute atomic E-state index is 6.26. The Bertz CT molecular complexity index is 1920. The van der Waals surface area contributed by atoms with Gasteiger partial charge in [0.2, 0.25) is 5.89 Å². The molecule has 178 valence electrons. The Morgan fingerprint density at radius 1 is 0.526 bits per heavy atom. The first-order chi connectivity index (χ1) is 18.8. The van der Waals surface area contributed by atoms with Crippen LogP contribution >= 0.6 is 11.3 Å². The number of aromatic nitrogens is 2. The Kier molecular flexibility index (Phi) is 4.69. The second kappa shape index (κ2) is 8.37. The van der Waals surface area contributed by atoms with Gasteiger partial charge in [-0.2, -0.15) is 0 Å². The topological polar surface area (TPSA) is 38.9 Å². The first-order valence-corrected chi connectivity index (χ1v) is 13.4. The minimum Gasteiger partial charge on any atom is -0.436 e. The van der Waals surface area contributed by atoms with Gasteiger partial charge < -0.3 is 4.42 Å². The number of nitrogens with zero attached hydrogens (tertiary/aromatic N) is 2. The molecule has 2 heterocycles. The summed E-state index contributed by atoms with van der Waals surface area (Å²) in [6.07, 6.45) is 3.80. The molecule has 0 aliphatic carbocycles. The first-order valence-electron chi connectivity index (χ1n) is 12.6. The summed E-state index contributed by atoms with van der Waals surface area (Å²) in [5.41, 5.74) is 4.37.